The summed E-state index contributed by atoms with van der Waals surface area (Å²) in [5.74, 6) is -3.30. The normalized spacial score (nSPS) is 15.1. The summed E-state index contributed by atoms with van der Waals surface area (Å²) in [6, 6.07) is 4.36. The summed E-state index contributed by atoms with van der Waals surface area (Å²) in [5.41, 5.74) is 0.0332. The van der Waals surface area contributed by atoms with Crippen molar-refractivity contribution in [2.45, 2.75) is 25.7 Å². The maximum absolute atomic E-state index is 13.6. The maximum atomic E-state index is 13.6. The highest BCUT2D eigenvalue weighted by Crippen LogP contribution is 2.33. The molecule has 6 nitrogen and oxygen atoms in total. The molecule has 1 fully saturated rings. The number of aromatic amines is 1. The van der Waals surface area contributed by atoms with Gasteiger partial charge in [0.15, 0.2) is 11.6 Å². The van der Waals surface area contributed by atoms with E-state index in [1.807, 2.05) is 0 Å². The molecule has 0 bridgehead atoms. The summed E-state index contributed by atoms with van der Waals surface area (Å²) in [4.78, 5) is 40.2. The molecule has 1 amide bonds. The lowest BCUT2D eigenvalue weighted by molar-refractivity contribution is -0.137. The van der Waals surface area contributed by atoms with Crippen LogP contribution in [0.2, 0.25) is 5.02 Å². The second kappa shape index (κ2) is 10.4. The van der Waals surface area contributed by atoms with E-state index in [1.54, 1.807) is 0 Å². The summed E-state index contributed by atoms with van der Waals surface area (Å²) in [6.07, 6.45) is 3.21. The third-order valence-corrected chi connectivity index (χ3v) is 6.42. The molecule has 2 aromatic rings. The van der Waals surface area contributed by atoms with Gasteiger partial charge in [0.25, 0.3) is 5.91 Å². The van der Waals surface area contributed by atoms with Gasteiger partial charge in [0, 0.05) is 30.3 Å². The Bertz CT molecular complexity index is 1180. The van der Waals surface area contributed by atoms with Crippen molar-refractivity contribution in [2.24, 2.45) is 0 Å². The van der Waals surface area contributed by atoms with Crippen LogP contribution in [0.5, 0.6) is 0 Å². The topological polar surface area (TPSA) is 90.5 Å². The first-order valence-corrected chi connectivity index (χ1v) is 11.1. The van der Waals surface area contributed by atoms with E-state index in [-0.39, 0.29) is 39.2 Å². The molecule has 1 aliphatic rings. The number of pyridine rings is 1. The number of rotatable bonds is 8. The number of unbranched alkanes of at least 4 members (excludes halogenated alkanes) is 2. The highest BCUT2D eigenvalue weighted by Gasteiger charge is 2.31. The number of amides is 1. The molecular formula is C21H17ClF2N2O4S2. The van der Waals surface area contributed by atoms with Crippen molar-refractivity contribution in [3.63, 3.8) is 0 Å². The van der Waals surface area contributed by atoms with Gasteiger partial charge in [-0.1, -0.05) is 42.0 Å². The average molecular weight is 499 g/mol. The Hall–Kier alpha value is -2.56. The van der Waals surface area contributed by atoms with Crippen LogP contribution in [-0.2, 0) is 9.59 Å². The van der Waals surface area contributed by atoms with Gasteiger partial charge < -0.3 is 10.1 Å². The van der Waals surface area contributed by atoms with Crippen molar-refractivity contribution in [1.82, 2.24) is 9.88 Å². The molecule has 0 unspecified atom stereocenters. The minimum absolute atomic E-state index is 0.0679. The molecule has 11 heteroatoms. The minimum Gasteiger partial charge on any atom is -0.481 e. The number of thioether (sulfide) groups is 1. The second-order valence-electron chi connectivity index (χ2n) is 6.94. The van der Waals surface area contributed by atoms with Gasteiger partial charge in [-0.15, -0.1) is 0 Å². The summed E-state index contributed by atoms with van der Waals surface area (Å²) >= 11 is 12.4. The van der Waals surface area contributed by atoms with Crippen molar-refractivity contribution in [3.05, 3.63) is 61.7 Å². The highest BCUT2D eigenvalue weighted by atomic mass is 35.5. The Morgan fingerprint density at radius 1 is 1.19 bits per heavy atom. The van der Waals surface area contributed by atoms with Crippen LogP contribution in [0.3, 0.4) is 0 Å². The van der Waals surface area contributed by atoms with E-state index in [4.69, 9.17) is 28.9 Å². The number of aliphatic carboxylic acids is 1. The molecule has 0 atom stereocenters. The number of hydrogen-bond acceptors (Lipinski definition) is 5. The molecule has 1 aliphatic heterocycles. The predicted octanol–water partition coefficient (Wildman–Crippen LogP) is 4.82. The number of hydrogen-bond donors (Lipinski definition) is 2. The van der Waals surface area contributed by atoms with Gasteiger partial charge in [-0.3, -0.25) is 19.3 Å². The Morgan fingerprint density at radius 3 is 2.62 bits per heavy atom. The van der Waals surface area contributed by atoms with Gasteiger partial charge in [0.1, 0.15) is 9.34 Å². The van der Waals surface area contributed by atoms with E-state index >= 15 is 0 Å². The largest absolute Gasteiger partial charge is 0.481 e. The molecule has 0 spiro atoms. The van der Waals surface area contributed by atoms with Crippen LogP contribution < -0.4 is 5.43 Å². The molecule has 2 N–H and O–H groups in total. The van der Waals surface area contributed by atoms with Gasteiger partial charge in [0.2, 0.25) is 5.43 Å². The predicted molar refractivity (Wildman–Crippen MR) is 123 cm³/mol. The SMILES string of the molecule is O=C(O)CCCCCN1C(=O)C(=Cc2[nH]c(-c3ccc(F)c(F)c3)cc(=O)c2Cl)SC1=S. The summed E-state index contributed by atoms with van der Waals surface area (Å²) < 4.78 is 27.2. The molecule has 1 aromatic heterocycles. The fourth-order valence-electron chi connectivity index (χ4n) is 3.03. The number of thiocarbonyl (C=S) groups is 1. The number of aromatic nitrogens is 1. The number of halogens is 3. The highest BCUT2D eigenvalue weighted by molar-refractivity contribution is 8.26. The number of carboxylic acids is 1. The molecule has 3 rings (SSSR count). The van der Waals surface area contributed by atoms with Crippen molar-refractivity contribution in [1.29, 1.82) is 0 Å². The van der Waals surface area contributed by atoms with Crippen LogP contribution in [-0.4, -0.2) is 37.7 Å². The smallest absolute Gasteiger partial charge is 0.303 e. The molecule has 1 aromatic carbocycles. The number of H-pyrrole nitrogens is 1. The van der Waals surface area contributed by atoms with Gasteiger partial charge in [-0.25, -0.2) is 8.78 Å². The first-order chi connectivity index (χ1) is 15.2. The molecule has 1 saturated heterocycles. The number of carbonyl (C=O) groups is 2. The third-order valence-electron chi connectivity index (χ3n) is 4.65. The molecule has 0 radical (unpaired) electrons. The molecule has 32 heavy (non-hydrogen) atoms. The summed E-state index contributed by atoms with van der Waals surface area (Å²) in [7, 11) is 0. The number of carboxylic acid groups (broad SMARTS) is 1. The van der Waals surface area contributed by atoms with Crippen LogP contribution >= 0.6 is 35.6 Å². The van der Waals surface area contributed by atoms with Crippen LogP contribution in [0.25, 0.3) is 17.3 Å². The first-order valence-electron chi connectivity index (χ1n) is 9.53. The van der Waals surface area contributed by atoms with Gasteiger partial charge in [-0.2, -0.15) is 0 Å². The zero-order valence-electron chi connectivity index (χ0n) is 16.5. The van der Waals surface area contributed by atoms with E-state index in [9.17, 15) is 23.2 Å². The lowest BCUT2D eigenvalue weighted by Gasteiger charge is -2.13. The number of carbonyl (C=O) groups excluding carboxylic acids is 1. The fraction of sp³-hybridized carbons (Fsp3) is 0.238. The van der Waals surface area contributed by atoms with Crippen LogP contribution in [0.15, 0.2) is 34.0 Å². The van der Waals surface area contributed by atoms with Gasteiger partial charge in [-0.05, 0) is 37.1 Å². The number of benzene rings is 1. The quantitative estimate of drug-likeness (QED) is 0.308. The van der Waals surface area contributed by atoms with Crippen LogP contribution in [0.4, 0.5) is 8.78 Å². The Balaban J connectivity index is 1.81. The van der Waals surface area contributed by atoms with Crippen molar-refractivity contribution in [2.75, 3.05) is 6.54 Å². The van der Waals surface area contributed by atoms with E-state index in [0.717, 1.165) is 30.0 Å². The van der Waals surface area contributed by atoms with Crippen molar-refractivity contribution >= 4 is 57.9 Å². The van der Waals surface area contributed by atoms with Crippen LogP contribution in [0, 0.1) is 11.6 Å². The number of nitrogens with one attached hydrogen (secondary N) is 1. The lowest BCUT2D eigenvalue weighted by atomic mass is 10.1. The molecule has 0 aliphatic carbocycles. The lowest BCUT2D eigenvalue weighted by Crippen LogP contribution is -2.29. The molecule has 2 heterocycles. The standard InChI is InChI=1S/C21H17ClF2N2O4S2/c22-19-15(25-14(9-16(19)27)11-5-6-12(23)13(24)8-11)10-17-20(30)26(21(31)32-17)7-3-1-2-4-18(28)29/h5-6,8-10H,1-4,7H2,(H,25,27)(H,28,29). The van der Waals surface area contributed by atoms with E-state index < -0.39 is 23.0 Å². The van der Waals surface area contributed by atoms with Gasteiger partial charge in [0.05, 0.1) is 10.6 Å². The zero-order valence-corrected chi connectivity index (χ0v) is 18.9. The van der Waals surface area contributed by atoms with Gasteiger partial charge >= 0.3 is 5.97 Å². The summed E-state index contributed by atoms with van der Waals surface area (Å²) in [6.45, 7) is 0.348. The van der Waals surface area contributed by atoms with Crippen molar-refractivity contribution in [3.8, 4) is 11.3 Å². The Kier molecular flexibility index (Phi) is 7.81. The summed E-state index contributed by atoms with van der Waals surface area (Å²) in [5, 5.41) is 8.52. The first kappa shape index (κ1) is 24.1. The van der Waals surface area contributed by atoms with Crippen molar-refractivity contribution < 1.29 is 23.5 Å². The monoisotopic (exact) mass is 498 g/mol. The van der Waals surface area contributed by atoms with E-state index in [0.29, 0.717) is 30.1 Å². The zero-order chi connectivity index (χ0) is 23.4. The Morgan fingerprint density at radius 2 is 1.94 bits per heavy atom. The minimum atomic E-state index is -1.07. The maximum Gasteiger partial charge on any atom is 0.303 e. The third kappa shape index (κ3) is 5.62. The Labute approximate surface area is 196 Å². The number of nitrogens with zero attached hydrogens (tertiary/aromatic N) is 1. The van der Waals surface area contributed by atoms with Crippen LogP contribution in [0.1, 0.15) is 31.4 Å². The average Bonchev–Trinajstić information content (AvgIpc) is 3.00. The van der Waals surface area contributed by atoms with E-state index in [1.165, 1.54) is 17.0 Å². The molecule has 0 saturated carbocycles. The van der Waals surface area contributed by atoms with E-state index in [2.05, 4.69) is 4.98 Å². The molecule has 168 valence electrons. The second-order valence-corrected chi connectivity index (χ2v) is 9.00. The fourth-order valence-corrected chi connectivity index (χ4v) is 4.48. The molecular weight excluding hydrogens is 482 g/mol.